The van der Waals surface area contributed by atoms with E-state index >= 15 is 0 Å². The highest BCUT2D eigenvalue weighted by atomic mass is 79.9. The molecule has 2 atom stereocenters. The van der Waals surface area contributed by atoms with Crippen molar-refractivity contribution in [3.8, 4) is 5.75 Å². The zero-order chi connectivity index (χ0) is 14.3. The number of aliphatic hydroxyl groups is 1. The molecule has 0 radical (unpaired) electrons. The molecule has 0 aromatic heterocycles. The van der Waals surface area contributed by atoms with Crippen LogP contribution in [0.15, 0.2) is 40.9 Å². The summed E-state index contributed by atoms with van der Waals surface area (Å²) < 4.78 is 20.5. The number of ether oxygens (including phenoxy) is 1. The highest BCUT2D eigenvalue weighted by molar-refractivity contribution is 9.10. The minimum Gasteiger partial charge on any atom is -0.485 e. The van der Waals surface area contributed by atoms with Crippen molar-refractivity contribution in [3.63, 3.8) is 0 Å². The van der Waals surface area contributed by atoms with E-state index in [9.17, 15) is 9.50 Å². The fourth-order valence-corrected chi connectivity index (χ4v) is 2.93. The van der Waals surface area contributed by atoms with Gasteiger partial charge in [0, 0.05) is 27.0 Å². The second-order valence-electron chi connectivity index (χ2n) is 4.71. The Balaban J connectivity index is 1.99. The van der Waals surface area contributed by atoms with Gasteiger partial charge in [-0.2, -0.15) is 0 Å². The molecule has 1 aliphatic heterocycles. The monoisotopic (exact) mass is 356 g/mol. The summed E-state index contributed by atoms with van der Waals surface area (Å²) in [6.07, 6.45) is -0.947. The van der Waals surface area contributed by atoms with Gasteiger partial charge in [0.15, 0.2) is 0 Å². The predicted octanol–water partition coefficient (Wildman–Crippen LogP) is 4.80. The van der Waals surface area contributed by atoms with Gasteiger partial charge in [-0.1, -0.05) is 27.5 Å². The molecule has 1 unspecified atom stereocenters. The van der Waals surface area contributed by atoms with Crippen LogP contribution in [-0.2, 0) is 0 Å². The average Bonchev–Trinajstić information content (AvgIpc) is 2.42. The van der Waals surface area contributed by atoms with Gasteiger partial charge in [0.25, 0.3) is 0 Å². The third-order valence-electron chi connectivity index (χ3n) is 3.34. The van der Waals surface area contributed by atoms with Crippen molar-refractivity contribution in [2.24, 2.45) is 0 Å². The zero-order valence-corrected chi connectivity index (χ0v) is 12.7. The number of aliphatic hydroxyl groups excluding tert-OH is 1. The lowest BCUT2D eigenvalue weighted by atomic mass is 9.95. The quantitative estimate of drug-likeness (QED) is 0.794. The zero-order valence-electron chi connectivity index (χ0n) is 10.3. The van der Waals surface area contributed by atoms with Gasteiger partial charge in [-0.3, -0.25) is 0 Å². The molecular formula is C15H11BrClFO2. The SMILES string of the molecule is O[C@@H]1CC(c2cc(Br)ccc2F)Oc2ccc(Cl)cc21. The molecule has 5 heteroatoms. The molecule has 2 aromatic carbocycles. The van der Waals surface area contributed by atoms with Crippen LogP contribution in [0, 0.1) is 5.82 Å². The first-order chi connectivity index (χ1) is 9.54. The van der Waals surface area contributed by atoms with Crippen LogP contribution in [0.2, 0.25) is 5.02 Å². The van der Waals surface area contributed by atoms with Crippen molar-refractivity contribution >= 4 is 27.5 Å². The van der Waals surface area contributed by atoms with Crippen LogP contribution in [-0.4, -0.2) is 5.11 Å². The predicted molar refractivity (Wildman–Crippen MR) is 78.5 cm³/mol. The van der Waals surface area contributed by atoms with Crippen molar-refractivity contribution in [2.45, 2.75) is 18.6 Å². The van der Waals surface area contributed by atoms with Gasteiger partial charge < -0.3 is 9.84 Å². The summed E-state index contributed by atoms with van der Waals surface area (Å²) in [6.45, 7) is 0. The highest BCUT2D eigenvalue weighted by Crippen LogP contribution is 2.42. The van der Waals surface area contributed by atoms with Gasteiger partial charge in [-0.05, 0) is 36.4 Å². The van der Waals surface area contributed by atoms with Crippen LogP contribution in [0.5, 0.6) is 5.75 Å². The number of fused-ring (bicyclic) bond motifs is 1. The lowest BCUT2D eigenvalue weighted by Crippen LogP contribution is -2.20. The average molecular weight is 358 g/mol. The molecule has 0 saturated heterocycles. The molecule has 0 spiro atoms. The number of rotatable bonds is 1. The van der Waals surface area contributed by atoms with Crippen LogP contribution in [0.25, 0.3) is 0 Å². The Kier molecular flexibility index (Phi) is 3.71. The second kappa shape index (κ2) is 5.35. The summed E-state index contributed by atoms with van der Waals surface area (Å²) in [7, 11) is 0. The first-order valence-corrected chi connectivity index (χ1v) is 7.31. The summed E-state index contributed by atoms with van der Waals surface area (Å²) in [5.41, 5.74) is 1.07. The van der Waals surface area contributed by atoms with Gasteiger partial charge in [-0.15, -0.1) is 0 Å². The minimum atomic E-state index is -0.721. The maximum absolute atomic E-state index is 13.9. The molecule has 2 nitrogen and oxygen atoms in total. The molecule has 0 saturated carbocycles. The maximum Gasteiger partial charge on any atom is 0.130 e. The summed E-state index contributed by atoms with van der Waals surface area (Å²) in [4.78, 5) is 0. The molecule has 1 N–H and O–H groups in total. The Labute approximate surface area is 129 Å². The van der Waals surface area contributed by atoms with E-state index in [-0.39, 0.29) is 5.82 Å². The fraction of sp³-hybridized carbons (Fsp3) is 0.200. The van der Waals surface area contributed by atoms with Crippen LogP contribution in [0.4, 0.5) is 4.39 Å². The van der Waals surface area contributed by atoms with Crippen molar-refractivity contribution in [2.75, 3.05) is 0 Å². The maximum atomic E-state index is 13.9. The van der Waals surface area contributed by atoms with Crippen molar-refractivity contribution in [1.82, 2.24) is 0 Å². The van der Waals surface area contributed by atoms with Gasteiger partial charge in [0.05, 0.1) is 6.10 Å². The number of hydrogen-bond donors (Lipinski definition) is 1. The normalized spacial score (nSPS) is 21.2. The van der Waals surface area contributed by atoms with Gasteiger partial charge >= 0.3 is 0 Å². The lowest BCUT2D eigenvalue weighted by molar-refractivity contribution is 0.0640. The lowest BCUT2D eigenvalue weighted by Gasteiger charge is -2.30. The van der Waals surface area contributed by atoms with E-state index in [0.717, 1.165) is 4.47 Å². The Hall–Kier alpha value is -1.10. The Bertz CT molecular complexity index is 662. The van der Waals surface area contributed by atoms with E-state index in [1.165, 1.54) is 6.07 Å². The Morgan fingerprint density at radius 2 is 2.00 bits per heavy atom. The van der Waals surface area contributed by atoms with Gasteiger partial charge in [-0.25, -0.2) is 4.39 Å². The Morgan fingerprint density at radius 3 is 2.80 bits per heavy atom. The minimum absolute atomic E-state index is 0.292. The topological polar surface area (TPSA) is 29.5 Å². The first-order valence-electron chi connectivity index (χ1n) is 6.13. The summed E-state index contributed by atoms with van der Waals surface area (Å²) in [6, 6.07) is 9.75. The molecule has 0 amide bonds. The third-order valence-corrected chi connectivity index (χ3v) is 4.07. The molecule has 0 bridgehead atoms. The van der Waals surface area contributed by atoms with Crippen molar-refractivity contribution in [1.29, 1.82) is 0 Å². The third kappa shape index (κ3) is 2.55. The largest absolute Gasteiger partial charge is 0.485 e. The number of halogens is 3. The molecule has 1 heterocycles. The van der Waals surface area contributed by atoms with E-state index < -0.39 is 12.2 Å². The van der Waals surface area contributed by atoms with Crippen molar-refractivity contribution < 1.29 is 14.2 Å². The van der Waals surface area contributed by atoms with Crippen LogP contribution in [0.3, 0.4) is 0 Å². The van der Waals surface area contributed by atoms with Gasteiger partial charge in [0.1, 0.15) is 17.7 Å². The van der Waals surface area contributed by atoms with E-state index in [2.05, 4.69) is 15.9 Å². The van der Waals surface area contributed by atoms with Crippen LogP contribution in [0.1, 0.15) is 29.8 Å². The molecule has 2 aromatic rings. The van der Waals surface area contributed by atoms with E-state index in [1.54, 1.807) is 30.3 Å². The van der Waals surface area contributed by atoms with Gasteiger partial charge in [0.2, 0.25) is 0 Å². The number of hydrogen-bond acceptors (Lipinski definition) is 2. The first kappa shape index (κ1) is 13.9. The van der Waals surface area contributed by atoms with Crippen LogP contribution >= 0.6 is 27.5 Å². The molecule has 1 aliphatic rings. The molecule has 0 aliphatic carbocycles. The summed E-state index contributed by atoms with van der Waals surface area (Å²) >= 11 is 9.23. The Morgan fingerprint density at radius 1 is 1.20 bits per heavy atom. The molecule has 20 heavy (non-hydrogen) atoms. The smallest absolute Gasteiger partial charge is 0.130 e. The summed E-state index contributed by atoms with van der Waals surface area (Å²) in [5, 5.41) is 10.7. The second-order valence-corrected chi connectivity index (χ2v) is 6.06. The molecule has 0 fully saturated rings. The summed E-state index contributed by atoms with van der Waals surface area (Å²) in [5.74, 6) is 0.195. The molecule has 3 rings (SSSR count). The van der Waals surface area contributed by atoms with E-state index in [4.69, 9.17) is 16.3 Å². The molecular weight excluding hydrogens is 347 g/mol. The van der Waals surface area contributed by atoms with Crippen LogP contribution < -0.4 is 4.74 Å². The van der Waals surface area contributed by atoms with E-state index in [0.29, 0.717) is 28.3 Å². The fourth-order valence-electron chi connectivity index (χ4n) is 2.37. The highest BCUT2D eigenvalue weighted by Gasteiger charge is 2.29. The van der Waals surface area contributed by atoms with Crippen molar-refractivity contribution in [3.05, 3.63) is 62.8 Å². The van der Waals surface area contributed by atoms with E-state index in [1.807, 2.05) is 0 Å². The number of benzene rings is 2. The molecule has 104 valence electrons. The standard InChI is InChI=1S/C15H11BrClFO2/c16-8-1-3-12(18)10(5-8)15-7-13(19)11-6-9(17)2-4-14(11)20-15/h1-6,13,15,19H,7H2/t13-,15?/m1/s1.